The third-order valence-corrected chi connectivity index (χ3v) is 2.51. The molecule has 0 amide bonds. The summed E-state index contributed by atoms with van der Waals surface area (Å²) in [4.78, 5) is 7.69. The molecule has 0 saturated carbocycles. The summed E-state index contributed by atoms with van der Waals surface area (Å²) in [6.45, 7) is 8.49. The van der Waals surface area contributed by atoms with Crippen molar-refractivity contribution >= 4 is 0 Å². The Hall–Kier alpha value is -0.830. The van der Waals surface area contributed by atoms with Gasteiger partial charge in [-0.2, -0.15) is 0 Å². The maximum absolute atomic E-state index is 4.34. The molecule has 0 aliphatic heterocycles. The lowest BCUT2D eigenvalue weighted by Crippen LogP contribution is -2.14. The van der Waals surface area contributed by atoms with Gasteiger partial charge in [-0.15, -0.1) is 0 Å². The molecule has 0 radical (unpaired) electrons. The van der Waals surface area contributed by atoms with Gasteiger partial charge in [-0.3, -0.25) is 0 Å². The molecule has 3 nitrogen and oxygen atoms in total. The highest BCUT2D eigenvalue weighted by molar-refractivity contribution is 5.06. The highest BCUT2D eigenvalue weighted by Gasteiger charge is 2.05. The SMILES string of the molecule is CCCNCc1ncc(C(C)CC)[nH]1. The molecule has 0 aliphatic carbocycles. The Bertz CT molecular complexity index is 255. The molecule has 0 bridgehead atoms. The fourth-order valence-corrected chi connectivity index (χ4v) is 1.32. The predicted octanol–water partition coefficient (Wildman–Crippen LogP) is 2.42. The summed E-state index contributed by atoms with van der Waals surface area (Å²) in [6, 6.07) is 0. The van der Waals surface area contributed by atoms with Crippen molar-refractivity contribution in [3.63, 3.8) is 0 Å². The molecule has 1 atom stereocenters. The fourth-order valence-electron chi connectivity index (χ4n) is 1.32. The second-order valence-corrected chi connectivity index (χ2v) is 3.77. The quantitative estimate of drug-likeness (QED) is 0.684. The first kappa shape index (κ1) is 11.2. The van der Waals surface area contributed by atoms with Crippen LogP contribution in [0.15, 0.2) is 6.20 Å². The summed E-state index contributed by atoms with van der Waals surface area (Å²) >= 11 is 0. The second-order valence-electron chi connectivity index (χ2n) is 3.77. The number of nitrogens with zero attached hydrogens (tertiary/aromatic N) is 1. The molecule has 1 aromatic rings. The maximum atomic E-state index is 4.34. The third kappa shape index (κ3) is 3.14. The Morgan fingerprint density at radius 2 is 2.29 bits per heavy atom. The summed E-state index contributed by atoms with van der Waals surface area (Å²) in [5.74, 6) is 1.64. The zero-order chi connectivity index (χ0) is 10.4. The number of aromatic amines is 1. The van der Waals surface area contributed by atoms with Crippen molar-refractivity contribution < 1.29 is 0 Å². The van der Waals surface area contributed by atoms with Crippen molar-refractivity contribution in [2.75, 3.05) is 6.54 Å². The van der Waals surface area contributed by atoms with Crippen LogP contribution in [0.25, 0.3) is 0 Å². The average Bonchev–Trinajstić information content (AvgIpc) is 2.66. The molecule has 2 N–H and O–H groups in total. The lowest BCUT2D eigenvalue weighted by molar-refractivity contribution is 0.649. The first-order chi connectivity index (χ1) is 6.77. The Morgan fingerprint density at radius 1 is 1.50 bits per heavy atom. The van der Waals surface area contributed by atoms with Gasteiger partial charge in [0.25, 0.3) is 0 Å². The largest absolute Gasteiger partial charge is 0.345 e. The standard InChI is InChI=1S/C11H21N3/c1-4-6-12-8-11-13-7-10(14-11)9(3)5-2/h7,9,12H,4-6,8H2,1-3H3,(H,13,14). The summed E-state index contributed by atoms with van der Waals surface area (Å²) in [5, 5.41) is 3.33. The van der Waals surface area contributed by atoms with Crippen LogP contribution in [0, 0.1) is 0 Å². The highest BCUT2D eigenvalue weighted by Crippen LogP contribution is 2.15. The molecule has 0 aromatic carbocycles. The lowest BCUT2D eigenvalue weighted by Gasteiger charge is -2.04. The zero-order valence-electron chi connectivity index (χ0n) is 9.43. The Balaban J connectivity index is 2.42. The topological polar surface area (TPSA) is 40.7 Å². The van der Waals surface area contributed by atoms with Crippen LogP contribution in [0.2, 0.25) is 0 Å². The second kappa shape index (κ2) is 5.81. The van der Waals surface area contributed by atoms with Crippen molar-refractivity contribution in [1.29, 1.82) is 0 Å². The number of H-pyrrole nitrogens is 1. The van der Waals surface area contributed by atoms with E-state index in [0.717, 1.165) is 25.3 Å². The number of nitrogens with one attached hydrogen (secondary N) is 2. The van der Waals surface area contributed by atoms with Crippen LogP contribution < -0.4 is 5.32 Å². The number of aromatic nitrogens is 2. The molecule has 0 spiro atoms. The number of imidazole rings is 1. The van der Waals surface area contributed by atoms with Crippen LogP contribution in [0.4, 0.5) is 0 Å². The van der Waals surface area contributed by atoms with Crippen molar-refractivity contribution in [3.05, 3.63) is 17.7 Å². The van der Waals surface area contributed by atoms with E-state index in [1.165, 1.54) is 12.1 Å². The first-order valence-electron chi connectivity index (χ1n) is 5.52. The minimum absolute atomic E-state index is 0.586. The minimum Gasteiger partial charge on any atom is -0.345 e. The van der Waals surface area contributed by atoms with Gasteiger partial charge in [0.05, 0.1) is 6.54 Å². The van der Waals surface area contributed by atoms with E-state index in [0.29, 0.717) is 5.92 Å². The van der Waals surface area contributed by atoms with Crippen molar-refractivity contribution in [2.45, 2.75) is 46.1 Å². The van der Waals surface area contributed by atoms with Crippen LogP contribution in [-0.2, 0) is 6.54 Å². The molecule has 1 rings (SSSR count). The molecule has 0 saturated heterocycles. The molecule has 80 valence electrons. The average molecular weight is 195 g/mol. The third-order valence-electron chi connectivity index (χ3n) is 2.51. The summed E-state index contributed by atoms with van der Waals surface area (Å²) in [7, 11) is 0. The van der Waals surface area contributed by atoms with Gasteiger partial charge in [0.2, 0.25) is 0 Å². The van der Waals surface area contributed by atoms with Gasteiger partial charge in [0, 0.05) is 11.9 Å². The van der Waals surface area contributed by atoms with Crippen LogP contribution in [0.1, 0.15) is 51.0 Å². The van der Waals surface area contributed by atoms with Crippen molar-refractivity contribution in [3.8, 4) is 0 Å². The zero-order valence-corrected chi connectivity index (χ0v) is 9.43. The van der Waals surface area contributed by atoms with Gasteiger partial charge in [-0.1, -0.05) is 20.8 Å². The number of hydrogen-bond acceptors (Lipinski definition) is 2. The normalized spacial score (nSPS) is 13.1. The molecular formula is C11H21N3. The maximum Gasteiger partial charge on any atom is 0.120 e. The van der Waals surface area contributed by atoms with Crippen LogP contribution >= 0.6 is 0 Å². The monoisotopic (exact) mass is 195 g/mol. The lowest BCUT2D eigenvalue weighted by atomic mass is 10.1. The van der Waals surface area contributed by atoms with E-state index < -0.39 is 0 Å². The van der Waals surface area contributed by atoms with Crippen LogP contribution in [-0.4, -0.2) is 16.5 Å². The number of hydrogen-bond donors (Lipinski definition) is 2. The Morgan fingerprint density at radius 3 is 2.93 bits per heavy atom. The Labute approximate surface area is 86.3 Å². The van der Waals surface area contributed by atoms with Gasteiger partial charge < -0.3 is 10.3 Å². The van der Waals surface area contributed by atoms with Crippen molar-refractivity contribution in [1.82, 2.24) is 15.3 Å². The molecule has 3 heteroatoms. The van der Waals surface area contributed by atoms with E-state index in [2.05, 4.69) is 36.1 Å². The Kier molecular flexibility index (Phi) is 4.66. The van der Waals surface area contributed by atoms with Gasteiger partial charge in [-0.25, -0.2) is 4.98 Å². The first-order valence-corrected chi connectivity index (χ1v) is 5.52. The molecule has 0 fully saturated rings. The molecule has 14 heavy (non-hydrogen) atoms. The minimum atomic E-state index is 0.586. The summed E-state index contributed by atoms with van der Waals surface area (Å²) in [6.07, 6.45) is 4.28. The van der Waals surface area contributed by atoms with Gasteiger partial charge in [0.1, 0.15) is 5.82 Å². The molecular weight excluding hydrogens is 174 g/mol. The number of rotatable bonds is 6. The summed E-state index contributed by atoms with van der Waals surface area (Å²) < 4.78 is 0. The van der Waals surface area contributed by atoms with Crippen molar-refractivity contribution in [2.24, 2.45) is 0 Å². The van der Waals surface area contributed by atoms with E-state index in [1.54, 1.807) is 0 Å². The van der Waals surface area contributed by atoms with Gasteiger partial charge in [0.15, 0.2) is 0 Å². The van der Waals surface area contributed by atoms with E-state index in [1.807, 2.05) is 6.20 Å². The van der Waals surface area contributed by atoms with Gasteiger partial charge in [-0.05, 0) is 25.3 Å². The fraction of sp³-hybridized carbons (Fsp3) is 0.727. The highest BCUT2D eigenvalue weighted by atomic mass is 15.0. The van der Waals surface area contributed by atoms with Gasteiger partial charge >= 0.3 is 0 Å². The smallest absolute Gasteiger partial charge is 0.120 e. The predicted molar refractivity (Wildman–Crippen MR) is 59.3 cm³/mol. The van der Waals surface area contributed by atoms with E-state index in [-0.39, 0.29) is 0 Å². The molecule has 0 aliphatic rings. The van der Waals surface area contributed by atoms with Crippen LogP contribution in [0.5, 0.6) is 0 Å². The van der Waals surface area contributed by atoms with E-state index in [9.17, 15) is 0 Å². The molecule has 1 aromatic heterocycles. The van der Waals surface area contributed by atoms with E-state index in [4.69, 9.17) is 0 Å². The molecule has 1 unspecified atom stereocenters. The molecule has 1 heterocycles. The summed E-state index contributed by atoms with van der Waals surface area (Å²) in [5.41, 5.74) is 1.25. The van der Waals surface area contributed by atoms with E-state index >= 15 is 0 Å². The van der Waals surface area contributed by atoms with Crippen LogP contribution in [0.3, 0.4) is 0 Å².